The van der Waals surface area contributed by atoms with Crippen LogP contribution < -0.4 is 5.32 Å². The molecular formula is C9H15NO5. The van der Waals surface area contributed by atoms with Gasteiger partial charge in [0, 0.05) is 7.11 Å². The highest BCUT2D eigenvalue weighted by Crippen LogP contribution is 2.23. The number of hydrogen-bond acceptors (Lipinski definition) is 4. The van der Waals surface area contributed by atoms with Crippen molar-refractivity contribution in [1.29, 1.82) is 0 Å². The van der Waals surface area contributed by atoms with E-state index in [1.165, 1.54) is 7.11 Å². The minimum atomic E-state index is -0.927. The van der Waals surface area contributed by atoms with Gasteiger partial charge in [-0.2, -0.15) is 0 Å². The maximum absolute atomic E-state index is 11.2. The van der Waals surface area contributed by atoms with Crippen LogP contribution in [0, 0.1) is 5.92 Å². The molecule has 1 heterocycles. The monoisotopic (exact) mass is 217 g/mol. The van der Waals surface area contributed by atoms with Crippen LogP contribution in [0.15, 0.2) is 0 Å². The van der Waals surface area contributed by atoms with Crippen molar-refractivity contribution in [3.05, 3.63) is 0 Å². The molecule has 86 valence electrons. The van der Waals surface area contributed by atoms with Crippen LogP contribution in [0.2, 0.25) is 0 Å². The molecule has 6 nitrogen and oxygen atoms in total. The number of nitrogens with one attached hydrogen (secondary N) is 1. The van der Waals surface area contributed by atoms with Crippen molar-refractivity contribution in [2.24, 2.45) is 5.92 Å². The first-order chi connectivity index (χ1) is 7.06. The maximum Gasteiger partial charge on any atom is 0.305 e. The Kier molecular flexibility index (Phi) is 4.05. The number of rotatable bonds is 6. The van der Waals surface area contributed by atoms with Gasteiger partial charge in [-0.25, -0.2) is 0 Å². The lowest BCUT2D eigenvalue weighted by Crippen LogP contribution is -2.62. The van der Waals surface area contributed by atoms with Crippen molar-refractivity contribution >= 4 is 11.9 Å². The minimum Gasteiger partial charge on any atom is -0.481 e. The van der Waals surface area contributed by atoms with Gasteiger partial charge in [0.05, 0.1) is 24.5 Å². The van der Waals surface area contributed by atoms with Crippen LogP contribution in [0.5, 0.6) is 0 Å². The van der Waals surface area contributed by atoms with E-state index in [2.05, 4.69) is 5.32 Å². The number of ether oxygens (including phenoxy) is 2. The highest BCUT2D eigenvalue weighted by Gasteiger charge is 2.44. The fraction of sp³-hybridized carbons (Fsp3) is 0.778. The van der Waals surface area contributed by atoms with Crippen molar-refractivity contribution in [2.45, 2.75) is 25.5 Å². The zero-order valence-corrected chi connectivity index (χ0v) is 8.73. The molecule has 1 aliphatic heterocycles. The van der Waals surface area contributed by atoms with Gasteiger partial charge >= 0.3 is 5.97 Å². The first-order valence-electron chi connectivity index (χ1n) is 4.69. The lowest BCUT2D eigenvalue weighted by atomic mass is 9.84. The van der Waals surface area contributed by atoms with Gasteiger partial charge in [0.15, 0.2) is 0 Å². The van der Waals surface area contributed by atoms with Gasteiger partial charge in [0.1, 0.15) is 6.79 Å². The van der Waals surface area contributed by atoms with Crippen LogP contribution >= 0.6 is 0 Å². The molecule has 1 amide bonds. The molecule has 0 aromatic heterocycles. The zero-order chi connectivity index (χ0) is 11.4. The van der Waals surface area contributed by atoms with Crippen LogP contribution in [0.4, 0.5) is 0 Å². The van der Waals surface area contributed by atoms with Crippen molar-refractivity contribution in [3.63, 3.8) is 0 Å². The molecule has 6 heteroatoms. The summed E-state index contributed by atoms with van der Waals surface area (Å²) in [6.07, 6.45) is -0.403. The number of hydrogen-bond donors (Lipinski definition) is 2. The minimum absolute atomic E-state index is 0.0723. The third kappa shape index (κ3) is 2.90. The summed E-state index contributed by atoms with van der Waals surface area (Å²) in [5.41, 5.74) is 0. The molecule has 1 rings (SSSR count). The van der Waals surface area contributed by atoms with Gasteiger partial charge in [-0.15, -0.1) is 0 Å². The SMILES string of the molecule is COCOC(C)C1C(=O)NC1CC(=O)O. The Morgan fingerprint density at radius 1 is 1.67 bits per heavy atom. The summed E-state index contributed by atoms with van der Waals surface area (Å²) >= 11 is 0. The number of carbonyl (C=O) groups is 2. The van der Waals surface area contributed by atoms with Gasteiger partial charge in [0.25, 0.3) is 0 Å². The fourth-order valence-electron chi connectivity index (χ4n) is 1.64. The molecule has 0 aliphatic carbocycles. The smallest absolute Gasteiger partial charge is 0.305 e. The summed E-state index contributed by atoms with van der Waals surface area (Å²) in [5.74, 6) is -1.48. The average Bonchev–Trinajstić information content (AvgIpc) is 2.12. The Labute approximate surface area is 87.5 Å². The van der Waals surface area contributed by atoms with E-state index < -0.39 is 11.9 Å². The van der Waals surface area contributed by atoms with Crippen molar-refractivity contribution in [2.75, 3.05) is 13.9 Å². The molecule has 1 saturated heterocycles. The van der Waals surface area contributed by atoms with Crippen molar-refractivity contribution in [1.82, 2.24) is 5.32 Å². The third-order valence-corrected chi connectivity index (χ3v) is 2.41. The molecule has 3 unspecified atom stereocenters. The Balaban J connectivity index is 2.43. The molecule has 1 fully saturated rings. The molecule has 3 atom stereocenters. The zero-order valence-electron chi connectivity index (χ0n) is 8.73. The number of carboxylic acid groups (broad SMARTS) is 1. The van der Waals surface area contributed by atoms with E-state index in [-0.39, 0.29) is 31.3 Å². The second kappa shape index (κ2) is 5.09. The summed E-state index contributed by atoms with van der Waals surface area (Å²) in [7, 11) is 1.49. The molecule has 0 bridgehead atoms. The van der Waals surface area contributed by atoms with Crippen LogP contribution in [0.25, 0.3) is 0 Å². The molecule has 0 saturated carbocycles. The summed E-state index contributed by atoms with van der Waals surface area (Å²) in [6.45, 7) is 1.84. The second-order valence-electron chi connectivity index (χ2n) is 3.52. The van der Waals surface area contributed by atoms with E-state index in [1.54, 1.807) is 6.92 Å². The molecule has 1 aliphatic rings. The van der Waals surface area contributed by atoms with Crippen molar-refractivity contribution in [3.8, 4) is 0 Å². The van der Waals surface area contributed by atoms with Gasteiger partial charge < -0.3 is 19.9 Å². The number of carboxylic acids is 1. The summed E-state index contributed by atoms with van der Waals surface area (Å²) in [4.78, 5) is 21.7. The average molecular weight is 217 g/mol. The molecule has 2 N–H and O–H groups in total. The normalized spacial score (nSPS) is 26.7. The number of β-lactam (4-membered cyclic amide) rings is 1. The van der Waals surface area contributed by atoms with E-state index in [0.29, 0.717) is 0 Å². The molecular weight excluding hydrogens is 202 g/mol. The molecule has 0 spiro atoms. The lowest BCUT2D eigenvalue weighted by Gasteiger charge is -2.39. The van der Waals surface area contributed by atoms with Crippen LogP contribution in [-0.2, 0) is 19.1 Å². The van der Waals surface area contributed by atoms with Crippen molar-refractivity contribution < 1.29 is 24.2 Å². The molecule has 0 aromatic rings. The molecule has 15 heavy (non-hydrogen) atoms. The molecule has 0 radical (unpaired) electrons. The Morgan fingerprint density at radius 3 is 2.80 bits per heavy atom. The highest BCUT2D eigenvalue weighted by molar-refractivity contribution is 5.88. The van der Waals surface area contributed by atoms with Crippen LogP contribution in [0.1, 0.15) is 13.3 Å². The van der Waals surface area contributed by atoms with E-state index in [9.17, 15) is 9.59 Å². The number of carbonyl (C=O) groups excluding carboxylic acids is 1. The van der Waals surface area contributed by atoms with Gasteiger partial charge in [-0.05, 0) is 6.92 Å². The quantitative estimate of drug-likeness (QED) is 0.466. The predicted octanol–water partition coefficient (Wildman–Crippen LogP) is -0.415. The van der Waals surface area contributed by atoms with Crippen LogP contribution in [0.3, 0.4) is 0 Å². The summed E-state index contributed by atoms with van der Waals surface area (Å²) < 4.78 is 9.91. The van der Waals surface area contributed by atoms with E-state index in [0.717, 1.165) is 0 Å². The number of amides is 1. The number of aliphatic carboxylic acids is 1. The molecule has 0 aromatic carbocycles. The largest absolute Gasteiger partial charge is 0.481 e. The summed E-state index contributed by atoms with van der Waals surface area (Å²) in [6, 6.07) is -0.332. The first-order valence-corrected chi connectivity index (χ1v) is 4.69. The van der Waals surface area contributed by atoms with E-state index in [4.69, 9.17) is 14.6 Å². The maximum atomic E-state index is 11.2. The van der Waals surface area contributed by atoms with E-state index >= 15 is 0 Å². The Hall–Kier alpha value is -1.14. The first kappa shape index (κ1) is 11.9. The Morgan fingerprint density at radius 2 is 2.33 bits per heavy atom. The van der Waals surface area contributed by atoms with Crippen LogP contribution in [-0.4, -0.2) is 43.0 Å². The summed E-state index contributed by atoms with van der Waals surface area (Å²) in [5, 5.41) is 11.1. The lowest BCUT2D eigenvalue weighted by molar-refractivity contribution is -0.154. The fourth-order valence-corrected chi connectivity index (χ4v) is 1.64. The topological polar surface area (TPSA) is 84.9 Å². The van der Waals surface area contributed by atoms with Gasteiger partial charge in [-0.3, -0.25) is 9.59 Å². The van der Waals surface area contributed by atoms with Gasteiger partial charge in [0.2, 0.25) is 5.91 Å². The third-order valence-electron chi connectivity index (χ3n) is 2.41. The second-order valence-corrected chi connectivity index (χ2v) is 3.52. The standard InChI is InChI=1S/C9H15NO5/c1-5(15-4-14-2)8-6(3-7(11)12)10-9(8)13/h5-6,8H,3-4H2,1-2H3,(H,10,13)(H,11,12). The highest BCUT2D eigenvalue weighted by atomic mass is 16.7. The van der Waals surface area contributed by atoms with E-state index in [1.807, 2.05) is 0 Å². The van der Waals surface area contributed by atoms with Gasteiger partial charge in [-0.1, -0.05) is 0 Å². The Bertz CT molecular complexity index is 255. The number of methoxy groups -OCH3 is 1. The predicted molar refractivity (Wildman–Crippen MR) is 50.1 cm³/mol.